The number of benzene rings is 3. The zero-order valence-electron chi connectivity index (χ0n) is 22.1. The molecule has 1 amide bonds. The summed E-state index contributed by atoms with van der Waals surface area (Å²) in [6.07, 6.45) is 4.26. The molecule has 1 saturated heterocycles. The van der Waals surface area contributed by atoms with E-state index in [1.807, 2.05) is 0 Å². The number of rotatable bonds is 7. The minimum atomic E-state index is -0.312. The Morgan fingerprint density at radius 3 is 2.08 bits per heavy atom. The first-order valence-corrected chi connectivity index (χ1v) is 13.7. The van der Waals surface area contributed by atoms with E-state index in [1.165, 1.54) is 22.3 Å². The molecule has 4 nitrogen and oxygen atoms in total. The van der Waals surface area contributed by atoms with E-state index in [0.29, 0.717) is 18.7 Å². The summed E-state index contributed by atoms with van der Waals surface area (Å²) < 4.78 is 0. The molecule has 3 aromatic carbocycles. The predicted octanol–water partition coefficient (Wildman–Crippen LogP) is 5.49. The topological polar surface area (TPSA) is 49.4 Å². The zero-order valence-corrected chi connectivity index (χ0v) is 22.1. The van der Waals surface area contributed by atoms with Crippen LogP contribution in [0, 0.1) is 13.8 Å². The fourth-order valence-electron chi connectivity index (χ4n) is 6.18. The molecule has 1 N–H and O–H groups in total. The summed E-state index contributed by atoms with van der Waals surface area (Å²) in [4.78, 5) is 28.9. The fourth-order valence-corrected chi connectivity index (χ4v) is 6.18. The Hall–Kier alpha value is -3.24. The van der Waals surface area contributed by atoms with Gasteiger partial charge in [-0.25, -0.2) is 0 Å². The SMILES string of the molecule is Cc1ccc(C(C(=O)NCCCN2CCC3(CC2)C(=O)CCc2ccccc23)c2ccc(C)cc2)cc1. The molecule has 0 unspecified atom stereocenters. The van der Waals surface area contributed by atoms with Crippen molar-refractivity contribution in [3.05, 3.63) is 106 Å². The van der Waals surface area contributed by atoms with Crippen LogP contribution in [-0.4, -0.2) is 42.8 Å². The minimum Gasteiger partial charge on any atom is -0.355 e. The van der Waals surface area contributed by atoms with Gasteiger partial charge in [-0.2, -0.15) is 0 Å². The second-order valence-electron chi connectivity index (χ2n) is 10.9. The highest BCUT2D eigenvalue weighted by Crippen LogP contribution is 2.42. The third-order valence-electron chi connectivity index (χ3n) is 8.43. The number of nitrogens with zero attached hydrogens (tertiary/aromatic N) is 1. The molecule has 1 heterocycles. The third kappa shape index (κ3) is 5.40. The van der Waals surface area contributed by atoms with Crippen LogP contribution in [0.4, 0.5) is 0 Å². The molecule has 192 valence electrons. The molecule has 0 bridgehead atoms. The normalized spacial score (nSPS) is 17.1. The number of aryl methyl sites for hydroxylation is 3. The van der Waals surface area contributed by atoms with Gasteiger partial charge in [0.15, 0.2) is 0 Å². The Balaban J connectivity index is 1.16. The van der Waals surface area contributed by atoms with E-state index in [2.05, 4.69) is 96.9 Å². The summed E-state index contributed by atoms with van der Waals surface area (Å²) in [7, 11) is 0. The maximum absolute atomic E-state index is 13.4. The van der Waals surface area contributed by atoms with Crippen LogP contribution in [0.25, 0.3) is 0 Å². The lowest BCUT2D eigenvalue weighted by molar-refractivity contribution is -0.127. The highest BCUT2D eigenvalue weighted by atomic mass is 16.2. The van der Waals surface area contributed by atoms with Crippen LogP contribution in [0.2, 0.25) is 0 Å². The smallest absolute Gasteiger partial charge is 0.232 e. The Bertz CT molecular complexity index is 1190. The second-order valence-corrected chi connectivity index (χ2v) is 10.9. The molecular weight excluding hydrogens is 456 g/mol. The Kier molecular flexibility index (Phi) is 7.57. The molecule has 2 aliphatic rings. The first-order valence-electron chi connectivity index (χ1n) is 13.7. The first kappa shape index (κ1) is 25.4. The van der Waals surface area contributed by atoms with Gasteiger partial charge in [-0.3, -0.25) is 9.59 Å². The van der Waals surface area contributed by atoms with E-state index in [9.17, 15) is 9.59 Å². The fraction of sp³-hybridized carbons (Fsp3) is 0.394. The summed E-state index contributed by atoms with van der Waals surface area (Å²) >= 11 is 0. The Labute approximate surface area is 221 Å². The summed E-state index contributed by atoms with van der Waals surface area (Å²) in [5.74, 6) is 0.166. The monoisotopic (exact) mass is 494 g/mol. The third-order valence-corrected chi connectivity index (χ3v) is 8.43. The highest BCUT2D eigenvalue weighted by Gasteiger charge is 2.45. The van der Waals surface area contributed by atoms with Crippen molar-refractivity contribution in [2.75, 3.05) is 26.2 Å². The van der Waals surface area contributed by atoms with E-state index in [0.717, 1.165) is 56.4 Å². The van der Waals surface area contributed by atoms with Crippen molar-refractivity contribution in [2.24, 2.45) is 0 Å². The predicted molar refractivity (Wildman–Crippen MR) is 149 cm³/mol. The number of Topliss-reactive ketones (excluding diaryl/α,β-unsaturated/α-hetero) is 1. The van der Waals surface area contributed by atoms with Gasteiger partial charge in [-0.05, 0) is 81.4 Å². The highest BCUT2D eigenvalue weighted by molar-refractivity contribution is 5.92. The van der Waals surface area contributed by atoms with Gasteiger partial charge in [-0.1, -0.05) is 83.9 Å². The van der Waals surface area contributed by atoms with Crippen LogP contribution in [0.1, 0.15) is 65.0 Å². The van der Waals surface area contributed by atoms with Crippen LogP contribution in [0.5, 0.6) is 0 Å². The molecular formula is C33H38N2O2. The van der Waals surface area contributed by atoms with Crippen LogP contribution >= 0.6 is 0 Å². The van der Waals surface area contributed by atoms with Crippen molar-refractivity contribution in [1.29, 1.82) is 0 Å². The van der Waals surface area contributed by atoms with Gasteiger partial charge in [0, 0.05) is 13.0 Å². The van der Waals surface area contributed by atoms with Crippen molar-refractivity contribution >= 4 is 11.7 Å². The van der Waals surface area contributed by atoms with E-state index >= 15 is 0 Å². The Morgan fingerprint density at radius 2 is 1.46 bits per heavy atom. The van der Waals surface area contributed by atoms with Crippen molar-refractivity contribution in [1.82, 2.24) is 10.2 Å². The van der Waals surface area contributed by atoms with Crippen molar-refractivity contribution < 1.29 is 9.59 Å². The van der Waals surface area contributed by atoms with E-state index in [4.69, 9.17) is 0 Å². The van der Waals surface area contributed by atoms with Gasteiger partial charge in [0.2, 0.25) is 5.91 Å². The number of hydrogen-bond donors (Lipinski definition) is 1. The lowest BCUT2D eigenvalue weighted by Crippen LogP contribution is -2.49. The zero-order chi connectivity index (χ0) is 25.8. The molecule has 0 radical (unpaired) electrons. The number of carbonyl (C=O) groups is 2. The average molecular weight is 495 g/mol. The minimum absolute atomic E-state index is 0.0507. The van der Waals surface area contributed by atoms with Crippen molar-refractivity contribution in [3.63, 3.8) is 0 Å². The molecule has 0 aromatic heterocycles. The molecule has 1 fully saturated rings. The van der Waals surface area contributed by atoms with Gasteiger partial charge in [-0.15, -0.1) is 0 Å². The van der Waals surface area contributed by atoms with E-state index < -0.39 is 0 Å². The summed E-state index contributed by atoms with van der Waals surface area (Å²) in [6, 6.07) is 25.1. The molecule has 37 heavy (non-hydrogen) atoms. The molecule has 4 heteroatoms. The number of nitrogens with one attached hydrogen (secondary N) is 1. The average Bonchev–Trinajstić information content (AvgIpc) is 2.92. The molecule has 1 aliphatic heterocycles. The maximum Gasteiger partial charge on any atom is 0.232 e. The van der Waals surface area contributed by atoms with Gasteiger partial charge < -0.3 is 10.2 Å². The van der Waals surface area contributed by atoms with Gasteiger partial charge in [0.05, 0.1) is 11.3 Å². The molecule has 1 aliphatic carbocycles. The number of amides is 1. The largest absolute Gasteiger partial charge is 0.355 e. The summed E-state index contributed by atoms with van der Waals surface area (Å²) in [5.41, 5.74) is 6.76. The molecule has 1 spiro atoms. The standard InChI is InChI=1S/C33H38N2O2/c1-24-8-12-27(13-9-24)31(28-14-10-25(2)11-15-28)32(37)34-20-5-21-35-22-18-33(19-23-35)29-7-4-3-6-26(29)16-17-30(33)36/h3-4,6-15,31H,5,16-23H2,1-2H3,(H,34,37). The molecule has 5 rings (SSSR count). The number of likely N-dealkylation sites (tertiary alicyclic amines) is 1. The van der Waals surface area contributed by atoms with Gasteiger partial charge >= 0.3 is 0 Å². The number of piperidine rings is 1. The van der Waals surface area contributed by atoms with E-state index in [-0.39, 0.29) is 17.2 Å². The van der Waals surface area contributed by atoms with E-state index in [1.54, 1.807) is 0 Å². The molecule has 3 aromatic rings. The molecule has 0 saturated carbocycles. The maximum atomic E-state index is 13.4. The quantitative estimate of drug-likeness (QED) is 0.442. The van der Waals surface area contributed by atoms with Gasteiger partial charge in [0.25, 0.3) is 0 Å². The summed E-state index contributed by atoms with van der Waals surface area (Å²) in [6.45, 7) is 7.58. The van der Waals surface area contributed by atoms with Gasteiger partial charge in [0.1, 0.15) is 5.78 Å². The first-order chi connectivity index (χ1) is 18.0. The Morgan fingerprint density at radius 1 is 0.865 bits per heavy atom. The van der Waals surface area contributed by atoms with Crippen LogP contribution in [0.15, 0.2) is 72.8 Å². The molecule has 0 atom stereocenters. The van der Waals surface area contributed by atoms with Crippen molar-refractivity contribution in [2.45, 2.75) is 57.3 Å². The van der Waals surface area contributed by atoms with Crippen LogP contribution in [0.3, 0.4) is 0 Å². The lowest BCUT2D eigenvalue weighted by Gasteiger charge is -2.44. The lowest BCUT2D eigenvalue weighted by atomic mass is 9.64. The number of fused-ring (bicyclic) bond motifs is 2. The van der Waals surface area contributed by atoms with Crippen LogP contribution in [-0.2, 0) is 21.4 Å². The second kappa shape index (κ2) is 11.0. The van der Waals surface area contributed by atoms with Crippen molar-refractivity contribution in [3.8, 4) is 0 Å². The summed E-state index contributed by atoms with van der Waals surface area (Å²) in [5, 5.41) is 3.21. The number of hydrogen-bond acceptors (Lipinski definition) is 3. The number of ketones is 1. The number of carbonyl (C=O) groups excluding carboxylic acids is 2. The van der Waals surface area contributed by atoms with Crippen LogP contribution < -0.4 is 5.32 Å².